The van der Waals surface area contributed by atoms with Crippen molar-refractivity contribution in [2.75, 3.05) is 47.4 Å². The van der Waals surface area contributed by atoms with E-state index >= 15 is 0 Å². The average Bonchev–Trinajstić information content (AvgIpc) is 3.35. The Morgan fingerprint density at radius 3 is 2.38 bits per heavy atom. The Morgan fingerprint density at radius 2 is 1.75 bits per heavy atom. The van der Waals surface area contributed by atoms with Crippen molar-refractivity contribution in [2.45, 2.75) is 25.4 Å². The summed E-state index contributed by atoms with van der Waals surface area (Å²) in [6.07, 6.45) is 2.44. The lowest BCUT2D eigenvalue weighted by Crippen LogP contribution is -2.45. The van der Waals surface area contributed by atoms with Crippen LogP contribution in [0.3, 0.4) is 0 Å². The highest BCUT2D eigenvalue weighted by molar-refractivity contribution is 5.86. The van der Waals surface area contributed by atoms with E-state index in [9.17, 15) is 4.79 Å². The van der Waals surface area contributed by atoms with E-state index in [4.69, 9.17) is 9.73 Å². The van der Waals surface area contributed by atoms with Crippen LogP contribution in [0.2, 0.25) is 0 Å². The maximum Gasteiger partial charge on any atom is 0.241 e. The monoisotopic (exact) mass is 437 g/mol. The zero-order valence-electron chi connectivity index (χ0n) is 19.4. The fourth-order valence-electron chi connectivity index (χ4n) is 3.78. The van der Waals surface area contributed by atoms with Crippen molar-refractivity contribution in [3.05, 3.63) is 65.7 Å². The molecule has 2 aromatic carbocycles. The molecule has 1 heterocycles. The summed E-state index contributed by atoms with van der Waals surface area (Å²) in [5.74, 6) is 1.50. The third-order valence-corrected chi connectivity index (χ3v) is 5.71. The van der Waals surface area contributed by atoms with Crippen molar-refractivity contribution < 1.29 is 9.53 Å². The number of carbonyl (C=O) groups excluding carboxylic acids is 1. The summed E-state index contributed by atoms with van der Waals surface area (Å²) < 4.78 is 5.33. The van der Waals surface area contributed by atoms with Crippen molar-refractivity contribution in [3.8, 4) is 5.75 Å². The second kappa shape index (κ2) is 12.1. The van der Waals surface area contributed by atoms with Gasteiger partial charge in [0.05, 0.1) is 26.2 Å². The number of rotatable bonds is 9. The maximum absolute atomic E-state index is 12.1. The number of guanidine groups is 1. The number of likely N-dealkylation sites (tertiary alicyclic amines) is 1. The number of hydrogen-bond donors (Lipinski definition) is 2. The Balaban J connectivity index is 1.72. The van der Waals surface area contributed by atoms with Crippen LogP contribution in [0.25, 0.3) is 0 Å². The molecular weight excluding hydrogens is 402 g/mol. The van der Waals surface area contributed by atoms with Crippen molar-refractivity contribution in [3.63, 3.8) is 0 Å². The van der Waals surface area contributed by atoms with Crippen molar-refractivity contribution in [2.24, 2.45) is 4.99 Å². The first-order chi connectivity index (χ1) is 15.6. The van der Waals surface area contributed by atoms with Gasteiger partial charge in [-0.05, 0) is 49.2 Å². The zero-order valence-corrected chi connectivity index (χ0v) is 19.4. The molecule has 0 spiro atoms. The molecule has 1 fully saturated rings. The van der Waals surface area contributed by atoms with E-state index in [0.29, 0.717) is 19.0 Å². The predicted octanol–water partition coefficient (Wildman–Crippen LogP) is 2.66. The Hall–Kier alpha value is -3.06. The van der Waals surface area contributed by atoms with Gasteiger partial charge >= 0.3 is 0 Å². The minimum atomic E-state index is 0.00505. The molecule has 1 unspecified atom stereocenters. The number of carbonyl (C=O) groups is 1. The van der Waals surface area contributed by atoms with E-state index in [1.165, 1.54) is 18.4 Å². The lowest BCUT2D eigenvalue weighted by molar-refractivity contribution is -0.127. The SMILES string of the molecule is COc1ccc(C(CNC(=NCc2ccccc2)NCC(=O)N(C)C)N2CCCC2)cc1. The molecule has 1 amide bonds. The van der Waals surface area contributed by atoms with Gasteiger partial charge in [0, 0.05) is 20.6 Å². The summed E-state index contributed by atoms with van der Waals surface area (Å²) >= 11 is 0. The van der Waals surface area contributed by atoms with Crippen LogP contribution in [0.15, 0.2) is 59.6 Å². The van der Waals surface area contributed by atoms with Gasteiger partial charge in [-0.15, -0.1) is 0 Å². The van der Waals surface area contributed by atoms with Crippen LogP contribution in [0.5, 0.6) is 5.75 Å². The minimum Gasteiger partial charge on any atom is -0.497 e. The molecule has 7 nitrogen and oxygen atoms in total. The first-order valence-corrected chi connectivity index (χ1v) is 11.2. The second-order valence-electron chi connectivity index (χ2n) is 8.21. The Labute approximate surface area is 191 Å². The molecular formula is C25H35N5O2. The third-order valence-electron chi connectivity index (χ3n) is 5.71. The molecule has 3 rings (SSSR count). The van der Waals surface area contributed by atoms with Gasteiger partial charge in [-0.3, -0.25) is 9.69 Å². The molecule has 1 aliphatic heterocycles. The highest BCUT2D eigenvalue weighted by atomic mass is 16.5. The molecule has 7 heteroatoms. The topological polar surface area (TPSA) is 69.2 Å². The summed E-state index contributed by atoms with van der Waals surface area (Å²) in [6.45, 7) is 3.61. The first-order valence-electron chi connectivity index (χ1n) is 11.2. The van der Waals surface area contributed by atoms with Crippen LogP contribution in [0.1, 0.15) is 30.0 Å². The van der Waals surface area contributed by atoms with Crippen LogP contribution in [-0.4, -0.2) is 69.1 Å². The van der Waals surface area contributed by atoms with Crippen LogP contribution >= 0.6 is 0 Å². The molecule has 0 saturated carbocycles. The molecule has 2 N–H and O–H groups in total. The standard InChI is InChI=1S/C25H35N5O2/c1-29(2)24(31)19-28-25(26-17-20-9-5-4-6-10-20)27-18-23(30-15-7-8-16-30)21-11-13-22(32-3)14-12-21/h4-6,9-14,23H,7-8,15-19H2,1-3H3,(H2,26,27,28). The maximum atomic E-state index is 12.1. The average molecular weight is 438 g/mol. The highest BCUT2D eigenvalue weighted by Crippen LogP contribution is 2.26. The number of likely N-dealkylation sites (N-methyl/N-ethyl adjacent to an activating group) is 1. The zero-order chi connectivity index (χ0) is 22.8. The van der Waals surface area contributed by atoms with Gasteiger partial charge in [0.15, 0.2) is 5.96 Å². The fraction of sp³-hybridized carbons (Fsp3) is 0.440. The molecule has 1 saturated heterocycles. The molecule has 172 valence electrons. The summed E-state index contributed by atoms with van der Waals surface area (Å²) in [7, 11) is 5.20. The molecule has 2 aromatic rings. The molecule has 1 aliphatic rings. The van der Waals surface area contributed by atoms with Crippen LogP contribution in [0, 0.1) is 0 Å². The normalized spacial score (nSPS) is 15.3. The lowest BCUT2D eigenvalue weighted by atomic mass is 10.1. The number of amides is 1. The van der Waals surface area contributed by atoms with Crippen LogP contribution in [0.4, 0.5) is 0 Å². The van der Waals surface area contributed by atoms with E-state index < -0.39 is 0 Å². The first kappa shape index (κ1) is 23.6. The molecule has 0 aliphatic carbocycles. The molecule has 0 aromatic heterocycles. The van der Waals surface area contributed by atoms with E-state index in [1.807, 2.05) is 30.3 Å². The van der Waals surface area contributed by atoms with Crippen molar-refractivity contribution in [1.82, 2.24) is 20.4 Å². The lowest BCUT2D eigenvalue weighted by Gasteiger charge is -2.29. The summed E-state index contributed by atoms with van der Waals surface area (Å²) in [6, 6.07) is 18.6. The quantitative estimate of drug-likeness (QED) is 0.466. The third kappa shape index (κ3) is 6.99. The van der Waals surface area contributed by atoms with Crippen molar-refractivity contribution >= 4 is 11.9 Å². The van der Waals surface area contributed by atoms with Gasteiger partial charge in [0.25, 0.3) is 0 Å². The largest absolute Gasteiger partial charge is 0.497 e. The molecule has 32 heavy (non-hydrogen) atoms. The van der Waals surface area contributed by atoms with Gasteiger partial charge in [0.2, 0.25) is 5.91 Å². The van der Waals surface area contributed by atoms with E-state index in [1.54, 1.807) is 26.1 Å². The number of methoxy groups -OCH3 is 1. The number of hydrogen-bond acceptors (Lipinski definition) is 4. The molecule has 0 bridgehead atoms. The fourth-order valence-corrected chi connectivity index (χ4v) is 3.78. The number of aliphatic imine (C=N–C) groups is 1. The van der Waals surface area contributed by atoms with E-state index in [-0.39, 0.29) is 18.5 Å². The second-order valence-corrected chi connectivity index (χ2v) is 8.21. The number of nitrogens with one attached hydrogen (secondary N) is 2. The predicted molar refractivity (Wildman–Crippen MR) is 129 cm³/mol. The van der Waals surface area contributed by atoms with Crippen LogP contribution in [-0.2, 0) is 11.3 Å². The molecule has 0 radical (unpaired) electrons. The Morgan fingerprint density at radius 1 is 1.06 bits per heavy atom. The minimum absolute atomic E-state index is 0.00505. The van der Waals surface area contributed by atoms with E-state index in [2.05, 4.69) is 39.8 Å². The Bertz CT molecular complexity index is 862. The smallest absolute Gasteiger partial charge is 0.241 e. The van der Waals surface area contributed by atoms with E-state index in [0.717, 1.165) is 24.4 Å². The van der Waals surface area contributed by atoms with Gasteiger partial charge in [0.1, 0.15) is 5.75 Å². The van der Waals surface area contributed by atoms with Gasteiger partial charge in [-0.25, -0.2) is 4.99 Å². The number of benzene rings is 2. The number of nitrogens with zero attached hydrogens (tertiary/aromatic N) is 3. The van der Waals surface area contributed by atoms with Crippen LogP contribution < -0.4 is 15.4 Å². The summed E-state index contributed by atoms with van der Waals surface area (Å²) in [5, 5.41) is 6.68. The number of ether oxygens (including phenoxy) is 1. The summed E-state index contributed by atoms with van der Waals surface area (Å²) in [5.41, 5.74) is 2.37. The summed E-state index contributed by atoms with van der Waals surface area (Å²) in [4.78, 5) is 20.9. The van der Waals surface area contributed by atoms with Gasteiger partial charge in [-0.2, -0.15) is 0 Å². The highest BCUT2D eigenvalue weighted by Gasteiger charge is 2.24. The van der Waals surface area contributed by atoms with Gasteiger partial charge in [-0.1, -0.05) is 42.5 Å². The Kier molecular flexibility index (Phi) is 8.92. The molecule has 1 atom stereocenters. The van der Waals surface area contributed by atoms with Gasteiger partial charge < -0.3 is 20.3 Å². The van der Waals surface area contributed by atoms with Crippen molar-refractivity contribution in [1.29, 1.82) is 0 Å².